The molecule has 7 N–H and O–H groups in total. The number of allylic oxidation sites excluding steroid dienone is 3. The lowest BCUT2D eigenvalue weighted by Crippen LogP contribution is -2.22. The maximum absolute atomic E-state index is 14.3. The molecule has 8 aromatic rings. The topological polar surface area (TPSA) is 312 Å². The highest BCUT2D eigenvalue weighted by atomic mass is 19.1. The van der Waals surface area contributed by atoms with Crippen LogP contribution in [0.15, 0.2) is 123 Å². The second kappa shape index (κ2) is 45.4. The summed E-state index contributed by atoms with van der Waals surface area (Å²) >= 11 is 0. The predicted octanol–water partition coefficient (Wildman–Crippen LogP) is 22.7. The number of carbonyl (C=O) groups is 3. The van der Waals surface area contributed by atoms with Gasteiger partial charge in [0, 0.05) is 141 Å². The number of benzene rings is 1. The Bertz CT molecular complexity index is 5040. The molecule has 1 saturated carbocycles. The van der Waals surface area contributed by atoms with Gasteiger partial charge in [0.15, 0.2) is 17.4 Å². The first-order valence-electron chi connectivity index (χ1n) is 43.6. The summed E-state index contributed by atoms with van der Waals surface area (Å²) in [4.78, 5) is 48.3. The summed E-state index contributed by atoms with van der Waals surface area (Å²) in [5.41, 5.74) is 16.9. The number of hydrogen-bond acceptors (Lipinski definition) is 15. The lowest BCUT2D eigenvalue weighted by Gasteiger charge is -2.17. The van der Waals surface area contributed by atoms with Gasteiger partial charge in [0.05, 0.1) is 55.6 Å². The molecule has 12 rings (SSSR count). The molecule has 0 unspecified atom stereocenters. The molecule has 1 fully saturated rings. The zero-order valence-electron chi connectivity index (χ0n) is 84.2. The van der Waals surface area contributed by atoms with Gasteiger partial charge in [0.1, 0.15) is 40.1 Å². The minimum absolute atomic E-state index is 0.000723. The summed E-state index contributed by atoms with van der Waals surface area (Å²) in [5.74, 6) is 1.51. The van der Waals surface area contributed by atoms with Crippen molar-refractivity contribution in [1.82, 2.24) is 81.2 Å². The standard InChI is InChI=1S/C14H17FN2.C11H16FN.C11H17N.C10H17N3O.C10H17NO.C9H15N3O.C9H14N2O.C9H16N2O.C8H13FN2.C8H14N2/c1-9-7-5-6-8-10(9)12-11(15)13(17-16-12)14(2,3)4;1-11(2,3)10-9(12)8(6-13-10)7-4-5-7;1-8(2)9-6-10(12-7-9)11(3,4)5;1-10(2,3)8-6-7(11-12-8)9(14)13(4)5;1-5-12-8-6-9(11-7-8)10(2,3)4;1-9(2,3)7-5-6(11-12-7)8(13)10-4;1-6(12)7-5-8(11-10-7)9(2,3)4;1-5-12-8-6-7(10-11-8)9(2,3)4;1-5-6(9)7(11-10-5)8(2,3)4;1-8(2,3)7-5-6-10(4)9-7/h5-8H,1-4H3,(H,16,17);7H,4-6H2,1-3H3;6H,1,7H2,2-5H3;6H,1-5H3,(H,11,12);6H,5,7H2,1-4H3;5H,1-4H3,(H,10,13)(H,11,12);5H,1-4H3,(H,10,11);6H,5H2,1-4H3,(H,10,11);1-4H3,(H,10,11);5-6H,1-4H3. The molecule has 698 valence electrons. The smallest absolute Gasteiger partial charge is 0.273 e. The van der Waals surface area contributed by atoms with Gasteiger partial charge in [-0.05, 0) is 107 Å². The summed E-state index contributed by atoms with van der Waals surface area (Å²) in [5, 5.41) is 47.6. The van der Waals surface area contributed by atoms with Gasteiger partial charge in [-0.25, -0.2) is 13.2 Å². The molecule has 24 nitrogen and oxygen atoms in total. The average Bonchev–Trinajstić information content (AvgIpc) is 1.65. The number of aliphatic imine (C=N–C) groups is 3. The fourth-order valence-corrected chi connectivity index (χ4v) is 11.4. The van der Waals surface area contributed by atoms with Gasteiger partial charge >= 0.3 is 0 Å². The minimum Gasteiger partial charge on any atom is -0.496 e. The van der Waals surface area contributed by atoms with Crippen LogP contribution in [0.4, 0.5) is 13.2 Å². The molecular formula is C99H156F3N19O5. The monoisotopic (exact) mass is 1750 g/mol. The van der Waals surface area contributed by atoms with E-state index in [9.17, 15) is 27.6 Å². The van der Waals surface area contributed by atoms with E-state index in [2.05, 4.69) is 257 Å². The largest absolute Gasteiger partial charge is 0.496 e. The lowest BCUT2D eigenvalue weighted by molar-refractivity contribution is 0.0821. The molecule has 0 saturated heterocycles. The van der Waals surface area contributed by atoms with Crippen molar-refractivity contribution in [3.63, 3.8) is 0 Å². The Morgan fingerprint density at radius 3 is 1.33 bits per heavy atom. The average molecular weight is 1750 g/mol. The Morgan fingerprint density at radius 2 is 1.00 bits per heavy atom. The van der Waals surface area contributed by atoms with Crippen LogP contribution < -0.4 is 10.1 Å². The van der Waals surface area contributed by atoms with Crippen molar-refractivity contribution < 1.29 is 37.0 Å². The molecule has 7 aromatic heterocycles. The normalized spacial score (nSPS) is 14.0. The third kappa shape index (κ3) is 35.5. The van der Waals surface area contributed by atoms with E-state index in [0.717, 1.165) is 94.8 Å². The van der Waals surface area contributed by atoms with Crippen molar-refractivity contribution in [1.29, 1.82) is 0 Å². The molecule has 0 atom stereocenters. The Kier molecular flexibility index (Phi) is 39.6. The highest BCUT2D eigenvalue weighted by molar-refractivity contribution is 6.04. The van der Waals surface area contributed by atoms with Gasteiger partial charge < -0.3 is 19.7 Å². The predicted molar refractivity (Wildman–Crippen MR) is 512 cm³/mol. The van der Waals surface area contributed by atoms with Crippen LogP contribution in [0.1, 0.15) is 331 Å². The SMILES string of the molecule is C=C(C)C1=CC(C(C)(C)C)=NC1.CC(=O)c1cc(C(C)(C)C)[nH]n1.CC(C)(C)C1=NCC(C2CC2)=C1F.CCOC1=CC(C(C)(C)C)=NC1.CCOc1cc(C(C)(C)C)[nH]n1.CN(C)C(=O)c1cc(C(C)(C)C)[nH]n1.CNC(=O)c1cc(C(C)(C)C)[nH]n1.Cc1[nH]nc(C(C)(C)C)c1F.Cc1ccccc1-c1n[nH]c(C(C)(C)C)c1F.Cn1ccc(C(C)(C)C)n1. The third-order valence-electron chi connectivity index (χ3n) is 19.7. The number of ether oxygens (including phenoxy) is 2. The number of aromatic amines is 6. The Labute approximate surface area is 752 Å². The van der Waals surface area contributed by atoms with Gasteiger partial charge in [-0.3, -0.25) is 64.6 Å². The molecule has 3 aliphatic heterocycles. The zero-order chi connectivity index (χ0) is 96.8. The summed E-state index contributed by atoms with van der Waals surface area (Å²) in [6, 6.07) is 17.1. The van der Waals surface area contributed by atoms with E-state index in [1.165, 1.54) is 23.1 Å². The van der Waals surface area contributed by atoms with Crippen LogP contribution in [0, 0.1) is 47.6 Å². The molecule has 4 aliphatic rings. The van der Waals surface area contributed by atoms with E-state index in [4.69, 9.17) is 9.47 Å². The lowest BCUT2D eigenvalue weighted by atomic mass is 9.89. The zero-order valence-corrected chi connectivity index (χ0v) is 84.2. The molecule has 0 bridgehead atoms. The van der Waals surface area contributed by atoms with Crippen molar-refractivity contribution in [2.75, 3.05) is 54.0 Å². The Morgan fingerprint density at radius 1 is 0.524 bits per heavy atom. The number of amides is 2. The Hall–Kier alpha value is -10.3. The molecule has 10 heterocycles. The van der Waals surface area contributed by atoms with E-state index >= 15 is 0 Å². The van der Waals surface area contributed by atoms with Gasteiger partial charge in [-0.2, -0.15) is 30.6 Å². The first-order valence-corrected chi connectivity index (χ1v) is 43.6. The highest BCUT2D eigenvalue weighted by Crippen LogP contribution is 2.43. The number of H-pyrrole nitrogens is 6. The number of nitrogens with one attached hydrogen (secondary N) is 7. The van der Waals surface area contributed by atoms with E-state index in [0.29, 0.717) is 70.5 Å². The summed E-state index contributed by atoms with van der Waals surface area (Å²) in [7, 11) is 6.96. The maximum Gasteiger partial charge on any atom is 0.273 e. The van der Waals surface area contributed by atoms with Crippen molar-refractivity contribution >= 4 is 34.7 Å². The van der Waals surface area contributed by atoms with Gasteiger partial charge in [-0.15, -0.1) is 5.10 Å². The molecule has 1 aromatic carbocycles. The summed E-state index contributed by atoms with van der Waals surface area (Å²) in [6.45, 7) is 80.9. The first kappa shape index (κ1) is 110. The van der Waals surface area contributed by atoms with E-state index < -0.39 is 0 Å². The van der Waals surface area contributed by atoms with Crippen LogP contribution in [0.25, 0.3) is 11.3 Å². The highest BCUT2D eigenvalue weighted by Gasteiger charge is 2.37. The molecule has 126 heavy (non-hydrogen) atoms. The van der Waals surface area contributed by atoms with Crippen LogP contribution in [0.5, 0.6) is 5.88 Å². The van der Waals surface area contributed by atoms with E-state index in [-0.39, 0.29) is 89.2 Å². The van der Waals surface area contributed by atoms with Crippen LogP contribution in [-0.4, -0.2) is 165 Å². The number of aromatic nitrogens is 14. The van der Waals surface area contributed by atoms with Gasteiger partial charge in [0.2, 0.25) is 5.88 Å². The molecule has 0 radical (unpaired) electrons. The van der Waals surface area contributed by atoms with Crippen LogP contribution in [0.3, 0.4) is 0 Å². The van der Waals surface area contributed by atoms with Crippen molar-refractivity contribution in [2.24, 2.45) is 44.2 Å². The second-order valence-electron chi connectivity index (χ2n) is 42.5. The number of carbonyl (C=O) groups excluding carboxylic acids is 3. The first-order chi connectivity index (χ1) is 57.5. The number of Topliss-reactive ketones (excluding diaryl/α,β-unsaturated/α-hetero) is 1. The molecule has 27 heteroatoms. The van der Waals surface area contributed by atoms with Crippen molar-refractivity contribution in [3.8, 4) is 17.1 Å². The number of ketones is 1. The maximum atomic E-state index is 14.3. The van der Waals surface area contributed by atoms with Crippen LogP contribution in [-0.2, 0) is 49.7 Å². The second-order valence-corrected chi connectivity index (χ2v) is 42.5. The third-order valence-corrected chi connectivity index (χ3v) is 19.7. The van der Waals surface area contributed by atoms with Crippen molar-refractivity contribution in [3.05, 3.63) is 188 Å². The molecular weight excluding hydrogens is 1590 g/mol. The number of aryl methyl sites for hydroxylation is 3. The molecule has 0 spiro atoms. The number of rotatable bonds is 10. The van der Waals surface area contributed by atoms with Crippen LogP contribution in [0.2, 0.25) is 0 Å². The quantitative estimate of drug-likeness (QED) is 0.0629. The van der Waals surface area contributed by atoms with E-state index in [1.54, 1.807) is 34.1 Å². The number of nitrogens with zero attached hydrogens (tertiary/aromatic N) is 12. The molecule has 2 amide bonds. The fourth-order valence-electron chi connectivity index (χ4n) is 11.4. The minimum atomic E-state index is -0.266. The van der Waals surface area contributed by atoms with Crippen molar-refractivity contribution in [2.45, 2.75) is 300 Å². The number of halogens is 3. The van der Waals surface area contributed by atoms with Crippen LogP contribution >= 0.6 is 0 Å². The van der Waals surface area contributed by atoms with Gasteiger partial charge in [0.25, 0.3) is 11.8 Å². The summed E-state index contributed by atoms with van der Waals surface area (Å²) in [6.07, 6.45) is 8.53. The Balaban J connectivity index is 0.000000362. The van der Waals surface area contributed by atoms with Gasteiger partial charge in [-0.1, -0.05) is 244 Å². The van der Waals surface area contributed by atoms with E-state index in [1.807, 2.05) is 150 Å². The number of hydrogen-bond donors (Lipinski definition) is 7. The summed E-state index contributed by atoms with van der Waals surface area (Å²) < 4.78 is 53.7. The molecule has 1 aliphatic carbocycles. The fraction of sp³-hybridized carbons (Fsp3) is 0.586.